The van der Waals surface area contributed by atoms with E-state index in [2.05, 4.69) is 53.7 Å². The van der Waals surface area contributed by atoms with Crippen LogP contribution in [-0.2, 0) is 6.42 Å². The molecule has 3 atom stereocenters. The summed E-state index contributed by atoms with van der Waals surface area (Å²) in [5, 5.41) is 0. The third-order valence-corrected chi connectivity index (χ3v) is 7.01. The monoisotopic (exact) mass is 378 g/mol. The van der Waals surface area contributed by atoms with E-state index in [0.717, 1.165) is 23.7 Å². The molecule has 1 heterocycles. The summed E-state index contributed by atoms with van der Waals surface area (Å²) < 4.78 is 0. The quantitative estimate of drug-likeness (QED) is 0.285. The van der Waals surface area contributed by atoms with Gasteiger partial charge in [0.15, 0.2) is 0 Å². The summed E-state index contributed by atoms with van der Waals surface area (Å²) in [6.45, 7) is 14.3. The van der Waals surface area contributed by atoms with Gasteiger partial charge in [0.25, 0.3) is 0 Å². The van der Waals surface area contributed by atoms with E-state index in [9.17, 15) is 0 Å². The molecule has 0 bridgehead atoms. The average Bonchev–Trinajstić information content (AvgIpc) is 2.98. The number of hydrogen-bond acceptors (Lipinski definition) is 1. The molecule has 0 saturated carbocycles. The molecule has 1 aromatic heterocycles. The van der Waals surface area contributed by atoms with Crippen molar-refractivity contribution in [3.05, 3.63) is 21.9 Å². The fraction of sp³-hybridized carbons (Fsp3) is 0.840. The van der Waals surface area contributed by atoms with Crippen LogP contribution < -0.4 is 0 Å². The minimum atomic E-state index is 0.874. The zero-order valence-corrected chi connectivity index (χ0v) is 19.5. The molecule has 0 amide bonds. The third kappa shape index (κ3) is 12.2. The van der Waals surface area contributed by atoms with E-state index in [1.807, 2.05) is 11.3 Å². The van der Waals surface area contributed by atoms with Crippen LogP contribution in [0, 0.1) is 30.6 Å². The molecule has 0 N–H and O–H groups in total. The Balaban J connectivity index is 1.99. The molecule has 1 heteroatoms. The third-order valence-electron chi connectivity index (χ3n) is 5.95. The molecule has 152 valence electrons. The highest BCUT2D eigenvalue weighted by Gasteiger charge is 2.08. The number of rotatable bonds is 15. The van der Waals surface area contributed by atoms with Gasteiger partial charge in [0, 0.05) is 9.75 Å². The fourth-order valence-corrected chi connectivity index (χ4v) is 4.85. The first-order valence-electron chi connectivity index (χ1n) is 11.4. The van der Waals surface area contributed by atoms with Gasteiger partial charge < -0.3 is 0 Å². The first-order valence-corrected chi connectivity index (χ1v) is 12.2. The van der Waals surface area contributed by atoms with Crippen LogP contribution in [0.2, 0.25) is 0 Å². The van der Waals surface area contributed by atoms with Crippen LogP contribution >= 0.6 is 11.3 Å². The zero-order chi connectivity index (χ0) is 19.4. The molecule has 1 rings (SSSR count). The highest BCUT2D eigenvalue weighted by atomic mass is 32.1. The molecule has 0 saturated heterocycles. The lowest BCUT2D eigenvalue weighted by atomic mass is 9.90. The van der Waals surface area contributed by atoms with E-state index in [4.69, 9.17) is 0 Å². The lowest BCUT2D eigenvalue weighted by Gasteiger charge is -2.16. The van der Waals surface area contributed by atoms with E-state index in [-0.39, 0.29) is 0 Å². The van der Waals surface area contributed by atoms with Crippen molar-refractivity contribution in [3.8, 4) is 0 Å². The topological polar surface area (TPSA) is 0 Å². The van der Waals surface area contributed by atoms with Crippen molar-refractivity contribution in [1.29, 1.82) is 0 Å². The summed E-state index contributed by atoms with van der Waals surface area (Å²) in [6.07, 6.45) is 15.5. The van der Waals surface area contributed by atoms with E-state index in [1.165, 1.54) is 75.5 Å². The van der Waals surface area contributed by atoms with Crippen LogP contribution in [0.3, 0.4) is 0 Å². The normalized spacial score (nSPS) is 15.3. The summed E-state index contributed by atoms with van der Waals surface area (Å²) in [5.74, 6) is 3.61. The van der Waals surface area contributed by atoms with Gasteiger partial charge >= 0.3 is 0 Å². The Hall–Kier alpha value is -0.300. The second-order valence-electron chi connectivity index (χ2n) is 9.55. The Labute approximate surface area is 169 Å². The van der Waals surface area contributed by atoms with Crippen LogP contribution in [-0.4, -0.2) is 0 Å². The van der Waals surface area contributed by atoms with Crippen LogP contribution in [0.15, 0.2) is 12.1 Å². The Bertz CT molecular complexity index is 445. The summed E-state index contributed by atoms with van der Waals surface area (Å²) in [6, 6.07) is 4.58. The fourth-order valence-electron chi connectivity index (χ4n) is 3.95. The van der Waals surface area contributed by atoms with Crippen molar-refractivity contribution in [2.75, 3.05) is 0 Å². The van der Waals surface area contributed by atoms with Gasteiger partial charge in [-0.3, -0.25) is 0 Å². The summed E-state index contributed by atoms with van der Waals surface area (Å²) >= 11 is 1.98. The molecule has 3 unspecified atom stereocenters. The van der Waals surface area contributed by atoms with Gasteiger partial charge in [-0.15, -0.1) is 11.3 Å². The molecule has 0 nitrogen and oxygen atoms in total. The van der Waals surface area contributed by atoms with Crippen LogP contribution in [0.25, 0.3) is 0 Å². The first-order chi connectivity index (χ1) is 12.4. The van der Waals surface area contributed by atoms with Crippen molar-refractivity contribution >= 4 is 11.3 Å². The SMILES string of the molecule is Cc1ccc(CCC(C)CCCC(C)CCCC(C)CCCC(C)C)s1. The molecule has 26 heavy (non-hydrogen) atoms. The standard InChI is InChI=1S/C25H46S/c1-20(2)10-7-11-21(3)12-8-13-22(4)14-9-15-23(5)16-18-25-19-17-24(6)26-25/h17,19-23H,7-16,18H2,1-6H3. The van der Waals surface area contributed by atoms with Crippen molar-refractivity contribution in [2.45, 2.75) is 112 Å². The molecule has 0 aromatic carbocycles. The smallest absolute Gasteiger partial charge is 0.00481 e. The van der Waals surface area contributed by atoms with Gasteiger partial charge in [0.2, 0.25) is 0 Å². The van der Waals surface area contributed by atoms with E-state index < -0.39 is 0 Å². The average molecular weight is 379 g/mol. The number of thiophene rings is 1. The predicted octanol–water partition coefficient (Wildman–Crippen LogP) is 9.06. The number of hydrogen-bond donors (Lipinski definition) is 0. The maximum absolute atomic E-state index is 2.47. The minimum Gasteiger partial charge on any atom is -0.146 e. The van der Waals surface area contributed by atoms with Gasteiger partial charge in [-0.2, -0.15) is 0 Å². The van der Waals surface area contributed by atoms with Gasteiger partial charge in [-0.05, 0) is 55.6 Å². The van der Waals surface area contributed by atoms with Gasteiger partial charge in [-0.25, -0.2) is 0 Å². The summed E-state index contributed by atoms with van der Waals surface area (Å²) in [7, 11) is 0. The second kappa shape index (κ2) is 13.8. The molecule has 0 aliphatic rings. The van der Waals surface area contributed by atoms with Crippen molar-refractivity contribution < 1.29 is 0 Å². The lowest BCUT2D eigenvalue weighted by Crippen LogP contribution is -2.02. The molecule has 0 radical (unpaired) electrons. The van der Waals surface area contributed by atoms with Crippen LogP contribution in [0.5, 0.6) is 0 Å². The second-order valence-corrected chi connectivity index (χ2v) is 10.9. The maximum Gasteiger partial charge on any atom is 0.00481 e. The molecule has 0 spiro atoms. The van der Waals surface area contributed by atoms with Crippen molar-refractivity contribution in [2.24, 2.45) is 23.7 Å². The van der Waals surface area contributed by atoms with E-state index in [0.29, 0.717) is 0 Å². The highest BCUT2D eigenvalue weighted by Crippen LogP contribution is 2.24. The predicted molar refractivity (Wildman–Crippen MR) is 121 cm³/mol. The Kier molecular flexibility index (Phi) is 12.6. The first kappa shape index (κ1) is 23.7. The van der Waals surface area contributed by atoms with Crippen LogP contribution in [0.4, 0.5) is 0 Å². The van der Waals surface area contributed by atoms with Gasteiger partial charge in [0.1, 0.15) is 0 Å². The minimum absolute atomic E-state index is 0.874. The molecule has 1 aromatic rings. The van der Waals surface area contributed by atoms with Crippen LogP contribution in [0.1, 0.15) is 109 Å². The van der Waals surface area contributed by atoms with Gasteiger partial charge in [-0.1, -0.05) is 92.4 Å². The van der Waals surface area contributed by atoms with Crippen molar-refractivity contribution in [3.63, 3.8) is 0 Å². The molecular weight excluding hydrogens is 332 g/mol. The van der Waals surface area contributed by atoms with E-state index >= 15 is 0 Å². The van der Waals surface area contributed by atoms with E-state index in [1.54, 1.807) is 4.88 Å². The highest BCUT2D eigenvalue weighted by molar-refractivity contribution is 7.11. The Morgan fingerprint density at radius 3 is 1.54 bits per heavy atom. The maximum atomic E-state index is 2.47. The summed E-state index contributed by atoms with van der Waals surface area (Å²) in [4.78, 5) is 3.03. The lowest BCUT2D eigenvalue weighted by molar-refractivity contribution is 0.374. The molecule has 0 aliphatic carbocycles. The zero-order valence-electron chi connectivity index (χ0n) is 18.7. The molecule has 0 fully saturated rings. The Morgan fingerprint density at radius 2 is 1.12 bits per heavy atom. The number of aryl methyl sites for hydroxylation is 2. The summed E-state index contributed by atoms with van der Waals surface area (Å²) in [5.41, 5.74) is 0. The Morgan fingerprint density at radius 1 is 0.654 bits per heavy atom. The molecular formula is C25H46S. The largest absolute Gasteiger partial charge is 0.146 e. The van der Waals surface area contributed by atoms with Gasteiger partial charge in [0.05, 0.1) is 0 Å². The van der Waals surface area contributed by atoms with Crippen molar-refractivity contribution in [1.82, 2.24) is 0 Å². The molecule has 0 aliphatic heterocycles.